The molecule has 0 amide bonds. The van der Waals surface area contributed by atoms with Crippen LogP contribution in [0.4, 0.5) is 0 Å². The molecule has 1 heterocycles. The maximum Gasteiger partial charge on any atom is 0.0920 e. The molecule has 90 valence electrons. The van der Waals surface area contributed by atoms with Gasteiger partial charge in [0, 0.05) is 24.3 Å². The second kappa shape index (κ2) is 5.75. The molecular formula is C14H18N2O. The van der Waals surface area contributed by atoms with Crippen molar-refractivity contribution in [3.8, 4) is 0 Å². The van der Waals surface area contributed by atoms with Gasteiger partial charge in [0.05, 0.1) is 6.10 Å². The number of hydrogen-bond donors (Lipinski definition) is 2. The lowest BCUT2D eigenvalue weighted by atomic mass is 10.0. The van der Waals surface area contributed by atoms with Crippen molar-refractivity contribution in [3.63, 3.8) is 0 Å². The lowest BCUT2D eigenvalue weighted by Gasteiger charge is -2.14. The van der Waals surface area contributed by atoms with Gasteiger partial charge in [-0.3, -0.25) is 4.98 Å². The van der Waals surface area contributed by atoms with Gasteiger partial charge in [0.25, 0.3) is 0 Å². The van der Waals surface area contributed by atoms with Crippen molar-refractivity contribution >= 4 is 10.8 Å². The molecule has 0 radical (unpaired) electrons. The highest BCUT2D eigenvalue weighted by Gasteiger charge is 2.10. The molecule has 1 aromatic carbocycles. The topological polar surface area (TPSA) is 45.1 Å². The molecule has 17 heavy (non-hydrogen) atoms. The lowest BCUT2D eigenvalue weighted by Crippen LogP contribution is -2.22. The van der Waals surface area contributed by atoms with E-state index in [0.717, 1.165) is 29.3 Å². The average molecular weight is 230 g/mol. The van der Waals surface area contributed by atoms with Crippen LogP contribution in [0.5, 0.6) is 0 Å². The Kier molecular flexibility index (Phi) is 4.07. The Bertz CT molecular complexity index is 479. The van der Waals surface area contributed by atoms with Crippen LogP contribution < -0.4 is 5.32 Å². The van der Waals surface area contributed by atoms with Gasteiger partial charge in [-0.25, -0.2) is 0 Å². The Morgan fingerprint density at radius 2 is 2.24 bits per heavy atom. The van der Waals surface area contributed by atoms with Crippen LogP contribution in [0.2, 0.25) is 0 Å². The molecule has 0 fully saturated rings. The average Bonchev–Trinajstić information content (AvgIpc) is 2.38. The molecule has 0 saturated carbocycles. The fraction of sp³-hybridized carbons (Fsp3) is 0.357. The van der Waals surface area contributed by atoms with Gasteiger partial charge < -0.3 is 10.4 Å². The Morgan fingerprint density at radius 1 is 1.35 bits per heavy atom. The maximum absolute atomic E-state index is 10.2. The summed E-state index contributed by atoms with van der Waals surface area (Å²) in [5, 5.41) is 15.5. The normalized spacial score (nSPS) is 12.8. The van der Waals surface area contributed by atoms with E-state index in [1.54, 1.807) is 6.20 Å². The molecule has 1 aromatic heterocycles. The Labute approximate surface area is 102 Å². The van der Waals surface area contributed by atoms with Gasteiger partial charge in [-0.2, -0.15) is 0 Å². The molecular weight excluding hydrogens is 212 g/mol. The second-order valence-electron chi connectivity index (χ2n) is 4.16. The molecule has 0 spiro atoms. The Hall–Kier alpha value is -1.45. The van der Waals surface area contributed by atoms with E-state index in [-0.39, 0.29) is 0 Å². The number of pyridine rings is 1. The number of benzene rings is 1. The minimum atomic E-state index is -0.465. The standard InChI is InChI=1S/C14H18N2O/c1-2-7-15-10-14(17)13-5-3-4-11-9-16-8-6-12(11)13/h3-6,8-9,14-15,17H,2,7,10H2,1H3. The minimum Gasteiger partial charge on any atom is -0.387 e. The fourth-order valence-corrected chi connectivity index (χ4v) is 1.96. The summed E-state index contributed by atoms with van der Waals surface area (Å²) in [5.74, 6) is 0. The highest BCUT2D eigenvalue weighted by Crippen LogP contribution is 2.23. The van der Waals surface area contributed by atoms with E-state index >= 15 is 0 Å². The number of aliphatic hydroxyl groups excluding tert-OH is 1. The third-order valence-electron chi connectivity index (χ3n) is 2.84. The first-order chi connectivity index (χ1) is 8.33. The van der Waals surface area contributed by atoms with Crippen LogP contribution in [0.15, 0.2) is 36.7 Å². The van der Waals surface area contributed by atoms with Gasteiger partial charge >= 0.3 is 0 Å². The summed E-state index contributed by atoms with van der Waals surface area (Å²) < 4.78 is 0. The number of hydrogen-bond acceptors (Lipinski definition) is 3. The van der Waals surface area contributed by atoms with Crippen molar-refractivity contribution in [2.24, 2.45) is 0 Å². The van der Waals surface area contributed by atoms with Gasteiger partial charge in [0.1, 0.15) is 0 Å². The number of aliphatic hydroxyl groups is 1. The summed E-state index contributed by atoms with van der Waals surface area (Å²) in [7, 11) is 0. The number of aromatic nitrogens is 1. The third-order valence-corrected chi connectivity index (χ3v) is 2.84. The molecule has 3 heteroatoms. The molecule has 0 aliphatic rings. The summed E-state index contributed by atoms with van der Waals surface area (Å²) in [6, 6.07) is 7.90. The summed E-state index contributed by atoms with van der Waals surface area (Å²) in [6.07, 6.45) is 4.20. The van der Waals surface area contributed by atoms with Crippen molar-refractivity contribution < 1.29 is 5.11 Å². The SMILES string of the molecule is CCCNCC(O)c1cccc2cnccc12. The van der Waals surface area contributed by atoms with Gasteiger partial charge in [0.15, 0.2) is 0 Å². The highest BCUT2D eigenvalue weighted by molar-refractivity contribution is 5.85. The van der Waals surface area contributed by atoms with Crippen LogP contribution in [0, 0.1) is 0 Å². The monoisotopic (exact) mass is 230 g/mol. The van der Waals surface area contributed by atoms with E-state index in [1.807, 2.05) is 30.5 Å². The number of rotatable bonds is 5. The third kappa shape index (κ3) is 2.81. The molecule has 0 saturated heterocycles. The van der Waals surface area contributed by atoms with Crippen LogP contribution in [0.25, 0.3) is 10.8 Å². The van der Waals surface area contributed by atoms with Crippen LogP contribution in [0.1, 0.15) is 25.0 Å². The minimum absolute atomic E-state index is 0.465. The molecule has 2 rings (SSSR count). The van der Waals surface area contributed by atoms with Crippen molar-refractivity contribution in [1.29, 1.82) is 0 Å². The Morgan fingerprint density at radius 3 is 3.06 bits per heavy atom. The molecule has 0 aliphatic carbocycles. The van der Waals surface area contributed by atoms with Crippen molar-refractivity contribution in [2.45, 2.75) is 19.4 Å². The van der Waals surface area contributed by atoms with E-state index in [2.05, 4.69) is 17.2 Å². The number of fused-ring (bicyclic) bond motifs is 1. The van der Waals surface area contributed by atoms with Gasteiger partial charge in [-0.05, 0) is 30.0 Å². The van der Waals surface area contributed by atoms with E-state index in [4.69, 9.17) is 0 Å². The summed E-state index contributed by atoms with van der Waals surface area (Å²) in [6.45, 7) is 3.64. The maximum atomic E-state index is 10.2. The molecule has 2 N–H and O–H groups in total. The second-order valence-corrected chi connectivity index (χ2v) is 4.16. The zero-order valence-electron chi connectivity index (χ0n) is 10.1. The summed E-state index contributed by atoms with van der Waals surface area (Å²) >= 11 is 0. The van der Waals surface area contributed by atoms with Crippen molar-refractivity contribution in [3.05, 3.63) is 42.2 Å². The largest absolute Gasteiger partial charge is 0.387 e. The zero-order chi connectivity index (χ0) is 12.1. The van der Waals surface area contributed by atoms with Crippen LogP contribution >= 0.6 is 0 Å². The molecule has 0 aliphatic heterocycles. The van der Waals surface area contributed by atoms with E-state index < -0.39 is 6.10 Å². The van der Waals surface area contributed by atoms with E-state index in [9.17, 15) is 5.11 Å². The fourth-order valence-electron chi connectivity index (χ4n) is 1.96. The van der Waals surface area contributed by atoms with Gasteiger partial charge in [0.2, 0.25) is 0 Å². The quantitative estimate of drug-likeness (QED) is 0.774. The first-order valence-electron chi connectivity index (χ1n) is 6.04. The van der Waals surface area contributed by atoms with Crippen LogP contribution in [0.3, 0.4) is 0 Å². The summed E-state index contributed by atoms with van der Waals surface area (Å²) in [4.78, 5) is 4.09. The Balaban J connectivity index is 2.22. The molecule has 2 aromatic rings. The zero-order valence-corrected chi connectivity index (χ0v) is 10.1. The molecule has 0 bridgehead atoms. The van der Waals surface area contributed by atoms with Crippen LogP contribution in [-0.4, -0.2) is 23.2 Å². The first-order valence-corrected chi connectivity index (χ1v) is 6.04. The van der Waals surface area contributed by atoms with Crippen molar-refractivity contribution in [2.75, 3.05) is 13.1 Å². The smallest absolute Gasteiger partial charge is 0.0920 e. The lowest BCUT2D eigenvalue weighted by molar-refractivity contribution is 0.176. The van der Waals surface area contributed by atoms with Crippen molar-refractivity contribution in [1.82, 2.24) is 10.3 Å². The van der Waals surface area contributed by atoms with Crippen LogP contribution in [-0.2, 0) is 0 Å². The van der Waals surface area contributed by atoms with Gasteiger partial charge in [-0.15, -0.1) is 0 Å². The molecule has 1 atom stereocenters. The van der Waals surface area contributed by atoms with E-state index in [1.165, 1.54) is 0 Å². The predicted octanol–water partition coefficient (Wildman–Crippen LogP) is 2.27. The number of nitrogens with one attached hydrogen (secondary N) is 1. The van der Waals surface area contributed by atoms with Gasteiger partial charge in [-0.1, -0.05) is 25.1 Å². The predicted molar refractivity (Wildman–Crippen MR) is 69.9 cm³/mol. The molecule has 1 unspecified atom stereocenters. The highest BCUT2D eigenvalue weighted by atomic mass is 16.3. The number of nitrogens with zero attached hydrogens (tertiary/aromatic N) is 1. The first kappa shape index (κ1) is 12.0. The summed E-state index contributed by atoms with van der Waals surface area (Å²) in [5.41, 5.74) is 0.966. The molecule has 3 nitrogen and oxygen atoms in total. The van der Waals surface area contributed by atoms with E-state index in [0.29, 0.717) is 6.54 Å².